The fraction of sp³-hybridized carbons (Fsp3) is 0.0400. The van der Waals surface area contributed by atoms with E-state index in [4.69, 9.17) is 9.83 Å². The molecule has 5 rings (SSSR count). The Morgan fingerprint density at radius 2 is 1.83 bits per heavy atom. The van der Waals surface area contributed by atoms with Gasteiger partial charge in [0.2, 0.25) is 12.1 Å². The van der Waals surface area contributed by atoms with Crippen LogP contribution in [0.15, 0.2) is 87.2 Å². The van der Waals surface area contributed by atoms with Crippen LogP contribution in [0.1, 0.15) is 11.1 Å². The van der Waals surface area contributed by atoms with Crippen molar-refractivity contribution < 1.29 is 13.6 Å². The van der Waals surface area contributed by atoms with Crippen molar-refractivity contribution in [3.63, 3.8) is 0 Å². The Kier molecular flexibility index (Phi) is 6.26. The number of benzene rings is 3. The maximum absolute atomic E-state index is 14.4. The van der Waals surface area contributed by atoms with Gasteiger partial charge in [-0.3, -0.25) is 10.2 Å². The van der Waals surface area contributed by atoms with Crippen LogP contribution >= 0.6 is 0 Å². The Hall–Kier alpha value is -5.19. The number of carbonyl (C=O) groups excluding carboxylic acids is 1. The molecule has 4 aromatic rings. The highest BCUT2D eigenvalue weighted by atomic mass is 19.1. The van der Waals surface area contributed by atoms with Gasteiger partial charge in [0.15, 0.2) is 0 Å². The smallest absolute Gasteiger partial charge is 0.317 e. The molecule has 4 N–H and O–H groups in total. The average molecular weight is 482 g/mol. The molecule has 1 aliphatic rings. The van der Waals surface area contributed by atoms with Gasteiger partial charge in [0, 0.05) is 16.7 Å². The van der Waals surface area contributed by atoms with Crippen LogP contribution in [0.3, 0.4) is 0 Å². The minimum absolute atomic E-state index is 0.0482. The molecule has 0 fully saturated rings. The molecule has 1 amide bonds. The summed E-state index contributed by atoms with van der Waals surface area (Å²) in [5.74, 6) is -0.920. The topological polar surface area (TPSA) is 141 Å². The zero-order chi connectivity index (χ0) is 24.9. The van der Waals surface area contributed by atoms with E-state index in [1.54, 1.807) is 6.07 Å². The molecular formula is C25H19FN8O2. The fourth-order valence-corrected chi connectivity index (χ4v) is 3.61. The summed E-state index contributed by atoms with van der Waals surface area (Å²) in [4.78, 5) is 21.2. The van der Waals surface area contributed by atoms with Crippen molar-refractivity contribution in [2.45, 2.75) is 6.17 Å². The predicted octanol–water partition coefficient (Wildman–Crippen LogP) is 4.15. The first-order valence-electron chi connectivity index (χ1n) is 10.8. The van der Waals surface area contributed by atoms with E-state index in [0.29, 0.717) is 17.0 Å². The van der Waals surface area contributed by atoms with Gasteiger partial charge in [-0.05, 0) is 24.3 Å². The summed E-state index contributed by atoms with van der Waals surface area (Å²) in [5, 5.41) is 23.1. The van der Waals surface area contributed by atoms with Crippen molar-refractivity contribution in [3.05, 3.63) is 89.7 Å². The van der Waals surface area contributed by atoms with E-state index in [-0.39, 0.29) is 17.6 Å². The van der Waals surface area contributed by atoms with E-state index in [1.165, 1.54) is 18.5 Å². The Bertz CT molecular complexity index is 1480. The molecule has 1 aliphatic heterocycles. The van der Waals surface area contributed by atoms with Crippen molar-refractivity contribution in [2.75, 3.05) is 16.0 Å². The number of amides is 1. The molecule has 178 valence electrons. The standard InChI is InChI=1S/C25H19FN8O2/c26-18-12-16(10-11-20(18)29-14-28-13-27)24-33-34-25(36-24)32-22-23(35)30-19-9-5-4-8-17(19)21(31-22)15-6-2-1-3-7-15/h1-14,22H,(H,30,35)(H,32,34)(H2,27,28,29). The molecule has 36 heavy (non-hydrogen) atoms. The maximum atomic E-state index is 14.4. The highest BCUT2D eigenvalue weighted by Crippen LogP contribution is 2.27. The minimum atomic E-state index is -1.06. The van der Waals surface area contributed by atoms with Gasteiger partial charge in [-0.2, -0.15) is 0 Å². The van der Waals surface area contributed by atoms with E-state index >= 15 is 0 Å². The summed E-state index contributed by atoms with van der Waals surface area (Å²) in [5.41, 5.74) is 3.39. The zero-order valence-corrected chi connectivity index (χ0v) is 18.6. The van der Waals surface area contributed by atoms with Gasteiger partial charge < -0.3 is 20.4 Å². The Morgan fingerprint density at radius 1 is 1.03 bits per heavy atom. The van der Waals surface area contributed by atoms with Crippen LogP contribution in [-0.4, -0.2) is 40.7 Å². The molecule has 0 saturated carbocycles. The highest BCUT2D eigenvalue weighted by Gasteiger charge is 2.27. The number of benzodiazepines with no additional fused rings is 1. The zero-order valence-electron chi connectivity index (χ0n) is 18.6. The molecule has 1 aromatic heterocycles. The molecule has 2 heterocycles. The van der Waals surface area contributed by atoms with Crippen molar-refractivity contribution in [1.29, 1.82) is 5.41 Å². The van der Waals surface area contributed by atoms with Crippen molar-refractivity contribution in [1.82, 2.24) is 10.2 Å². The quantitative estimate of drug-likeness (QED) is 0.230. The monoisotopic (exact) mass is 482 g/mol. The van der Waals surface area contributed by atoms with Crippen LogP contribution in [0.5, 0.6) is 0 Å². The van der Waals surface area contributed by atoms with Crippen LogP contribution in [0.4, 0.5) is 21.8 Å². The van der Waals surface area contributed by atoms with Crippen LogP contribution in [0.2, 0.25) is 0 Å². The fourth-order valence-electron chi connectivity index (χ4n) is 3.61. The van der Waals surface area contributed by atoms with Crippen LogP contribution in [0, 0.1) is 11.2 Å². The number of anilines is 3. The van der Waals surface area contributed by atoms with E-state index in [2.05, 4.69) is 36.1 Å². The molecule has 0 aliphatic carbocycles. The number of halogens is 1. The number of fused-ring (bicyclic) bond motifs is 1. The van der Waals surface area contributed by atoms with Gasteiger partial charge >= 0.3 is 6.01 Å². The third kappa shape index (κ3) is 4.71. The highest BCUT2D eigenvalue weighted by molar-refractivity contribution is 6.19. The lowest BCUT2D eigenvalue weighted by atomic mass is 10.0. The summed E-state index contributed by atoms with van der Waals surface area (Å²) in [6, 6.07) is 21.2. The third-order valence-corrected chi connectivity index (χ3v) is 5.26. The number of hydrogen-bond donors (Lipinski definition) is 4. The maximum Gasteiger partial charge on any atom is 0.317 e. The molecular weight excluding hydrogens is 463 g/mol. The predicted molar refractivity (Wildman–Crippen MR) is 135 cm³/mol. The lowest BCUT2D eigenvalue weighted by Gasteiger charge is -2.11. The molecule has 0 spiro atoms. The second kappa shape index (κ2) is 9.97. The first-order valence-corrected chi connectivity index (χ1v) is 10.8. The lowest BCUT2D eigenvalue weighted by molar-refractivity contribution is -0.116. The second-order valence-electron chi connectivity index (χ2n) is 7.58. The SMILES string of the molecule is N=C/N=C\Nc1ccc(-c2nnc(NC3N=C(c4ccccc4)c4ccccc4NC3=O)o2)cc1F. The van der Waals surface area contributed by atoms with E-state index in [0.717, 1.165) is 17.5 Å². The van der Waals surface area contributed by atoms with E-state index < -0.39 is 17.9 Å². The van der Waals surface area contributed by atoms with Crippen LogP contribution < -0.4 is 16.0 Å². The Balaban J connectivity index is 1.42. The van der Waals surface area contributed by atoms with Gasteiger partial charge in [0.1, 0.15) is 12.2 Å². The number of carbonyl (C=O) groups is 1. The molecule has 0 saturated heterocycles. The normalized spacial score (nSPS) is 15.0. The second-order valence-corrected chi connectivity index (χ2v) is 7.58. The van der Waals surface area contributed by atoms with Crippen molar-refractivity contribution in [2.24, 2.45) is 9.98 Å². The number of hydrogen-bond acceptors (Lipinski definition) is 7. The van der Waals surface area contributed by atoms with E-state index in [1.807, 2.05) is 54.6 Å². The summed E-state index contributed by atoms with van der Waals surface area (Å²) in [6.07, 6.45) is 0.962. The summed E-state index contributed by atoms with van der Waals surface area (Å²) >= 11 is 0. The summed E-state index contributed by atoms with van der Waals surface area (Å²) in [6.45, 7) is 0. The molecule has 11 heteroatoms. The molecule has 1 atom stereocenters. The number of para-hydroxylation sites is 1. The Morgan fingerprint density at radius 3 is 2.64 bits per heavy atom. The largest absolute Gasteiger partial charge is 0.403 e. The van der Waals surface area contributed by atoms with Gasteiger partial charge in [0.25, 0.3) is 5.91 Å². The molecule has 10 nitrogen and oxygen atoms in total. The van der Waals surface area contributed by atoms with Crippen molar-refractivity contribution >= 4 is 41.7 Å². The molecule has 3 aromatic carbocycles. The Labute approximate surface area is 204 Å². The van der Waals surface area contributed by atoms with Gasteiger partial charge in [-0.25, -0.2) is 14.4 Å². The van der Waals surface area contributed by atoms with Gasteiger partial charge in [0.05, 0.1) is 23.4 Å². The minimum Gasteiger partial charge on any atom is -0.403 e. The lowest BCUT2D eigenvalue weighted by Crippen LogP contribution is -2.32. The summed E-state index contributed by atoms with van der Waals surface area (Å²) < 4.78 is 20.1. The number of nitrogens with zero attached hydrogens (tertiary/aromatic N) is 4. The first kappa shape index (κ1) is 22.6. The van der Waals surface area contributed by atoms with Gasteiger partial charge in [-0.1, -0.05) is 53.6 Å². The molecule has 1 unspecified atom stereocenters. The summed E-state index contributed by atoms with van der Waals surface area (Å²) in [7, 11) is 0. The van der Waals surface area contributed by atoms with Crippen LogP contribution in [0.25, 0.3) is 11.5 Å². The number of rotatable bonds is 7. The molecule has 0 radical (unpaired) electrons. The van der Waals surface area contributed by atoms with Gasteiger partial charge in [-0.15, -0.1) is 5.10 Å². The first-order chi connectivity index (χ1) is 17.6. The third-order valence-electron chi connectivity index (χ3n) is 5.26. The van der Waals surface area contributed by atoms with Crippen molar-refractivity contribution in [3.8, 4) is 11.5 Å². The number of aliphatic imine (C=N–C) groups is 2. The van der Waals surface area contributed by atoms with E-state index in [9.17, 15) is 9.18 Å². The number of nitrogens with one attached hydrogen (secondary N) is 4. The van der Waals surface area contributed by atoms with Crippen LogP contribution in [-0.2, 0) is 4.79 Å². The number of aromatic nitrogens is 2. The molecule has 0 bridgehead atoms. The average Bonchev–Trinajstić information content (AvgIpc) is 3.31.